The van der Waals surface area contributed by atoms with Gasteiger partial charge in [-0.25, -0.2) is 13.6 Å². The first-order chi connectivity index (χ1) is 15.3. The molecule has 0 atom stereocenters. The largest absolute Gasteiger partial charge is 0.480 e. The molecular weight excluding hydrogens is 422 g/mol. The molecule has 0 fully saturated rings. The fourth-order valence-electron chi connectivity index (χ4n) is 3.30. The summed E-state index contributed by atoms with van der Waals surface area (Å²) in [5.41, 5.74) is 0.141. The molecule has 1 aliphatic heterocycles. The average molecular weight is 440 g/mol. The van der Waals surface area contributed by atoms with Crippen LogP contribution in [0, 0.1) is 18.6 Å². The Balaban J connectivity index is 1.65. The SMILES string of the molecule is Cc1c2n(c(=O)n(Cc3ccc(F)c(F)c3)c1=O)C=C(C(=O)NCc1ccccn1)OC2. The third kappa shape index (κ3) is 4.07. The highest BCUT2D eigenvalue weighted by atomic mass is 19.2. The van der Waals surface area contributed by atoms with Crippen molar-refractivity contribution < 1.29 is 18.3 Å². The predicted molar refractivity (Wildman–Crippen MR) is 110 cm³/mol. The van der Waals surface area contributed by atoms with E-state index in [1.54, 1.807) is 24.4 Å². The van der Waals surface area contributed by atoms with Crippen LogP contribution in [-0.2, 0) is 29.2 Å². The maximum absolute atomic E-state index is 13.6. The van der Waals surface area contributed by atoms with Crippen LogP contribution in [0.4, 0.5) is 8.78 Å². The minimum absolute atomic E-state index is 0.104. The highest BCUT2D eigenvalue weighted by molar-refractivity contribution is 5.94. The molecule has 10 heteroatoms. The normalized spacial score (nSPS) is 12.5. The number of carbonyl (C=O) groups is 1. The Morgan fingerprint density at radius 2 is 2.00 bits per heavy atom. The van der Waals surface area contributed by atoms with Gasteiger partial charge in [-0.3, -0.25) is 23.7 Å². The van der Waals surface area contributed by atoms with Gasteiger partial charge in [-0.2, -0.15) is 0 Å². The molecule has 8 nitrogen and oxygen atoms in total. The van der Waals surface area contributed by atoms with E-state index in [1.807, 2.05) is 0 Å². The first-order valence-electron chi connectivity index (χ1n) is 9.66. The molecule has 1 aliphatic rings. The summed E-state index contributed by atoms with van der Waals surface area (Å²) < 4.78 is 34.3. The van der Waals surface area contributed by atoms with Crippen LogP contribution in [-0.4, -0.2) is 20.0 Å². The Kier molecular flexibility index (Phi) is 5.67. The molecule has 0 bridgehead atoms. The highest BCUT2D eigenvalue weighted by Gasteiger charge is 2.23. The maximum Gasteiger partial charge on any atom is 0.335 e. The zero-order chi connectivity index (χ0) is 22.8. The standard InChI is InChI=1S/C22H18F2N4O4/c1-13-18-12-32-19(20(29)26-9-15-4-2-3-7-25-15)11-27(18)22(31)28(21(13)30)10-14-5-6-16(23)17(24)8-14/h2-8,11H,9-10,12H2,1H3,(H,26,29). The summed E-state index contributed by atoms with van der Waals surface area (Å²) in [6, 6.07) is 8.43. The van der Waals surface area contributed by atoms with Gasteiger partial charge < -0.3 is 10.1 Å². The summed E-state index contributed by atoms with van der Waals surface area (Å²) in [6.45, 7) is 1.28. The molecule has 1 amide bonds. The van der Waals surface area contributed by atoms with Crippen molar-refractivity contribution in [1.82, 2.24) is 19.4 Å². The third-order valence-electron chi connectivity index (χ3n) is 5.04. The molecule has 32 heavy (non-hydrogen) atoms. The van der Waals surface area contributed by atoms with Crippen LogP contribution in [0.1, 0.15) is 22.5 Å². The van der Waals surface area contributed by atoms with Gasteiger partial charge in [-0.05, 0) is 36.8 Å². The van der Waals surface area contributed by atoms with E-state index >= 15 is 0 Å². The number of hydrogen-bond acceptors (Lipinski definition) is 5. The van der Waals surface area contributed by atoms with E-state index in [1.165, 1.54) is 19.2 Å². The summed E-state index contributed by atoms with van der Waals surface area (Å²) in [7, 11) is 0. The number of rotatable bonds is 5. The lowest BCUT2D eigenvalue weighted by atomic mass is 10.2. The fraction of sp³-hybridized carbons (Fsp3) is 0.182. The van der Waals surface area contributed by atoms with Gasteiger partial charge >= 0.3 is 5.69 Å². The number of amides is 1. The van der Waals surface area contributed by atoms with E-state index in [-0.39, 0.29) is 36.6 Å². The van der Waals surface area contributed by atoms with Crippen LogP contribution in [0.3, 0.4) is 0 Å². The number of fused-ring (bicyclic) bond motifs is 1. The molecule has 3 heterocycles. The quantitative estimate of drug-likeness (QED) is 0.652. The average Bonchev–Trinajstić information content (AvgIpc) is 2.81. The molecule has 0 unspecified atom stereocenters. The van der Waals surface area contributed by atoms with Crippen LogP contribution < -0.4 is 16.6 Å². The second-order valence-electron chi connectivity index (χ2n) is 7.15. The molecule has 0 saturated carbocycles. The predicted octanol–water partition coefficient (Wildman–Crippen LogP) is 1.68. The van der Waals surface area contributed by atoms with Crippen LogP contribution in [0.2, 0.25) is 0 Å². The van der Waals surface area contributed by atoms with Crippen molar-refractivity contribution in [3.63, 3.8) is 0 Å². The molecular formula is C22H18F2N4O4. The number of aromatic nitrogens is 3. The van der Waals surface area contributed by atoms with Gasteiger partial charge in [0.15, 0.2) is 11.6 Å². The lowest BCUT2D eigenvalue weighted by Gasteiger charge is -2.21. The molecule has 4 rings (SSSR count). The molecule has 1 aromatic carbocycles. The second-order valence-corrected chi connectivity index (χ2v) is 7.15. The number of nitrogens with one attached hydrogen (secondary N) is 1. The number of carbonyl (C=O) groups excluding carboxylic acids is 1. The molecule has 164 valence electrons. The summed E-state index contributed by atoms with van der Waals surface area (Å²) in [5, 5.41) is 2.66. The Hall–Kier alpha value is -4.08. The lowest BCUT2D eigenvalue weighted by Crippen LogP contribution is -2.43. The highest BCUT2D eigenvalue weighted by Crippen LogP contribution is 2.16. The van der Waals surface area contributed by atoms with Crippen molar-refractivity contribution >= 4 is 12.1 Å². The number of benzene rings is 1. The Morgan fingerprint density at radius 1 is 1.19 bits per heavy atom. The first-order valence-corrected chi connectivity index (χ1v) is 9.66. The molecule has 3 aromatic rings. The molecule has 0 aliphatic carbocycles. The second kappa shape index (κ2) is 8.58. The van der Waals surface area contributed by atoms with Crippen molar-refractivity contribution in [2.45, 2.75) is 26.6 Å². The molecule has 0 saturated heterocycles. The zero-order valence-corrected chi connectivity index (χ0v) is 17.0. The molecule has 0 radical (unpaired) electrons. The van der Waals surface area contributed by atoms with Crippen LogP contribution in [0.15, 0.2) is 57.9 Å². The van der Waals surface area contributed by atoms with Crippen molar-refractivity contribution in [1.29, 1.82) is 0 Å². The van der Waals surface area contributed by atoms with Crippen molar-refractivity contribution in [2.75, 3.05) is 0 Å². The minimum Gasteiger partial charge on any atom is -0.480 e. The Morgan fingerprint density at radius 3 is 2.72 bits per heavy atom. The molecule has 1 N–H and O–H groups in total. The van der Waals surface area contributed by atoms with Gasteiger partial charge in [-0.15, -0.1) is 0 Å². The summed E-state index contributed by atoms with van der Waals surface area (Å²) in [6.07, 6.45) is 2.81. The van der Waals surface area contributed by atoms with Crippen LogP contribution in [0.5, 0.6) is 0 Å². The van der Waals surface area contributed by atoms with E-state index in [2.05, 4.69) is 10.3 Å². The summed E-state index contributed by atoms with van der Waals surface area (Å²) in [5.74, 6) is -2.76. The minimum atomic E-state index is -1.08. The van der Waals surface area contributed by atoms with Crippen LogP contribution in [0.25, 0.3) is 6.20 Å². The van der Waals surface area contributed by atoms with E-state index in [0.29, 0.717) is 11.4 Å². The van der Waals surface area contributed by atoms with E-state index in [4.69, 9.17) is 4.74 Å². The summed E-state index contributed by atoms with van der Waals surface area (Å²) >= 11 is 0. The number of hydrogen-bond donors (Lipinski definition) is 1. The van der Waals surface area contributed by atoms with Gasteiger partial charge in [0.2, 0.25) is 5.76 Å². The number of halogens is 2. The van der Waals surface area contributed by atoms with E-state index in [0.717, 1.165) is 21.3 Å². The van der Waals surface area contributed by atoms with Crippen molar-refractivity contribution in [2.24, 2.45) is 0 Å². The first kappa shape index (κ1) is 21.2. The Bertz CT molecular complexity index is 1350. The van der Waals surface area contributed by atoms with E-state index < -0.39 is 28.8 Å². The van der Waals surface area contributed by atoms with Crippen molar-refractivity contribution in [3.05, 3.63) is 103 Å². The maximum atomic E-state index is 13.6. The van der Waals surface area contributed by atoms with Gasteiger partial charge in [0.1, 0.15) is 6.61 Å². The fourth-order valence-corrected chi connectivity index (χ4v) is 3.30. The third-order valence-corrected chi connectivity index (χ3v) is 5.04. The van der Waals surface area contributed by atoms with E-state index in [9.17, 15) is 23.2 Å². The van der Waals surface area contributed by atoms with Gasteiger partial charge in [0, 0.05) is 11.8 Å². The van der Waals surface area contributed by atoms with Gasteiger partial charge in [0.25, 0.3) is 11.5 Å². The number of nitrogens with zero attached hydrogens (tertiary/aromatic N) is 3. The monoisotopic (exact) mass is 440 g/mol. The van der Waals surface area contributed by atoms with Gasteiger partial charge in [0.05, 0.1) is 30.7 Å². The Labute approximate surface area is 180 Å². The summed E-state index contributed by atoms with van der Waals surface area (Å²) in [4.78, 5) is 42.3. The smallest absolute Gasteiger partial charge is 0.335 e. The number of pyridine rings is 1. The lowest BCUT2D eigenvalue weighted by molar-refractivity contribution is -0.121. The topological polar surface area (TPSA) is 95.2 Å². The zero-order valence-electron chi connectivity index (χ0n) is 17.0. The van der Waals surface area contributed by atoms with Crippen molar-refractivity contribution in [3.8, 4) is 0 Å². The van der Waals surface area contributed by atoms with Gasteiger partial charge in [-0.1, -0.05) is 12.1 Å². The number of ether oxygens (including phenoxy) is 1. The molecule has 2 aromatic heterocycles. The molecule has 0 spiro atoms. The van der Waals surface area contributed by atoms with Crippen LogP contribution >= 0.6 is 0 Å².